The van der Waals surface area contributed by atoms with E-state index in [1.165, 1.54) is 51.4 Å². The molecular formula is C27H44O4. The Morgan fingerprint density at radius 1 is 0.935 bits per heavy atom. The summed E-state index contributed by atoms with van der Waals surface area (Å²) in [6.45, 7) is 9.37. The quantitative estimate of drug-likeness (QED) is 0.494. The molecule has 176 valence electrons. The van der Waals surface area contributed by atoms with E-state index in [1.807, 2.05) is 0 Å². The van der Waals surface area contributed by atoms with Crippen LogP contribution >= 0.6 is 0 Å². The molecule has 0 aromatic heterocycles. The van der Waals surface area contributed by atoms with Crippen molar-refractivity contribution in [3.8, 4) is 0 Å². The molecular weight excluding hydrogens is 388 g/mol. The summed E-state index contributed by atoms with van der Waals surface area (Å²) in [5.74, 6) is 4.29. The average Bonchev–Trinajstić information content (AvgIpc) is 3.55. The first-order valence-corrected chi connectivity index (χ1v) is 13.5. The van der Waals surface area contributed by atoms with Crippen LogP contribution in [-0.2, 0) is 14.2 Å². The molecule has 0 aromatic carbocycles. The maximum absolute atomic E-state index is 11.1. The lowest BCUT2D eigenvalue weighted by Crippen LogP contribution is -2.58. The summed E-state index contributed by atoms with van der Waals surface area (Å²) >= 11 is 0. The van der Waals surface area contributed by atoms with E-state index in [9.17, 15) is 5.11 Å². The second-order valence-electron chi connectivity index (χ2n) is 12.7. The second kappa shape index (κ2) is 7.68. The van der Waals surface area contributed by atoms with Crippen molar-refractivity contribution in [1.29, 1.82) is 0 Å². The Kier molecular flexibility index (Phi) is 5.30. The van der Waals surface area contributed by atoms with Crippen LogP contribution in [0, 0.1) is 46.3 Å². The molecule has 6 aliphatic rings. The lowest BCUT2D eigenvalue weighted by Gasteiger charge is -2.63. The minimum Gasteiger partial charge on any atom is -0.393 e. The van der Waals surface area contributed by atoms with Crippen LogP contribution in [0.4, 0.5) is 0 Å². The number of aliphatic hydroxyl groups excluding tert-OH is 1. The van der Waals surface area contributed by atoms with Crippen molar-refractivity contribution in [2.45, 2.75) is 110 Å². The molecule has 12 atom stereocenters. The van der Waals surface area contributed by atoms with Crippen molar-refractivity contribution in [2.75, 3.05) is 13.2 Å². The molecule has 4 saturated carbocycles. The van der Waals surface area contributed by atoms with Gasteiger partial charge in [0.15, 0.2) is 6.29 Å². The van der Waals surface area contributed by atoms with Crippen molar-refractivity contribution >= 4 is 0 Å². The standard InChI is InChI=1S/C27H44O4/c1-16-12-18(31-24-6-4-5-11-29-24)13-17-7-8-19-21(27(16,17)3)9-10-26(2)23(28)14-20(25(19)26)22-15-30-22/h16-25,28H,4-15H2,1-3H3/t16-,17-,18+,19+,20-,21-,22?,23-,24?,25+,26+,27-/m0/s1. The SMILES string of the molecule is C[C@H]1C[C@@H](OC2CCCCO2)C[C@@H]2CC[C@H]3[C@@H]4[C@H](C5CO5)C[C@H](O)[C@@]4(C)CC[C@@H]3[C@]21C. The Hall–Kier alpha value is -0.160. The molecule has 1 N–H and O–H groups in total. The number of rotatable bonds is 3. The first-order valence-electron chi connectivity index (χ1n) is 13.5. The summed E-state index contributed by atoms with van der Waals surface area (Å²) < 4.78 is 18.2. The summed E-state index contributed by atoms with van der Waals surface area (Å²) in [6.07, 6.45) is 12.8. The predicted octanol–water partition coefficient (Wildman–Crippen LogP) is 5.17. The molecule has 0 amide bonds. The van der Waals surface area contributed by atoms with Gasteiger partial charge in [-0.3, -0.25) is 0 Å². The average molecular weight is 433 g/mol. The molecule has 6 fully saturated rings. The van der Waals surface area contributed by atoms with Gasteiger partial charge in [-0.1, -0.05) is 20.8 Å². The number of hydrogen-bond acceptors (Lipinski definition) is 4. The topological polar surface area (TPSA) is 51.2 Å². The van der Waals surface area contributed by atoms with Gasteiger partial charge in [0.25, 0.3) is 0 Å². The van der Waals surface area contributed by atoms with Crippen molar-refractivity contribution in [3.63, 3.8) is 0 Å². The molecule has 2 aliphatic heterocycles. The van der Waals surface area contributed by atoms with E-state index in [4.69, 9.17) is 14.2 Å². The van der Waals surface area contributed by atoms with E-state index in [0.29, 0.717) is 35.4 Å². The Bertz CT molecular complexity index is 672. The Labute approximate surface area is 188 Å². The van der Waals surface area contributed by atoms with Gasteiger partial charge in [0.1, 0.15) is 0 Å². The molecule has 0 spiro atoms. The molecule has 31 heavy (non-hydrogen) atoms. The summed E-state index contributed by atoms with van der Waals surface area (Å²) in [7, 11) is 0. The molecule has 0 radical (unpaired) electrons. The zero-order valence-electron chi connectivity index (χ0n) is 19.9. The van der Waals surface area contributed by atoms with Crippen LogP contribution in [0.2, 0.25) is 0 Å². The van der Waals surface area contributed by atoms with Crippen LogP contribution in [0.15, 0.2) is 0 Å². The lowest BCUT2D eigenvalue weighted by molar-refractivity contribution is -0.223. The molecule has 0 aromatic rings. The fourth-order valence-corrected chi connectivity index (χ4v) is 9.65. The highest BCUT2D eigenvalue weighted by Crippen LogP contribution is 2.69. The minimum absolute atomic E-state index is 0.0429. The van der Waals surface area contributed by atoms with E-state index < -0.39 is 0 Å². The monoisotopic (exact) mass is 432 g/mol. The summed E-state index contributed by atoms with van der Waals surface area (Å²) in [4.78, 5) is 0. The number of fused-ring (bicyclic) bond motifs is 5. The van der Waals surface area contributed by atoms with Crippen LogP contribution in [0.25, 0.3) is 0 Å². The zero-order chi connectivity index (χ0) is 21.4. The van der Waals surface area contributed by atoms with Gasteiger partial charge in [0.2, 0.25) is 0 Å². The van der Waals surface area contributed by atoms with Gasteiger partial charge in [-0.2, -0.15) is 0 Å². The summed E-state index contributed by atoms with van der Waals surface area (Å²) in [5, 5.41) is 11.1. The minimum atomic E-state index is -0.129. The maximum Gasteiger partial charge on any atom is 0.157 e. The molecule has 4 aliphatic carbocycles. The van der Waals surface area contributed by atoms with Crippen molar-refractivity contribution in [2.24, 2.45) is 46.3 Å². The van der Waals surface area contributed by atoms with Gasteiger partial charge in [-0.15, -0.1) is 0 Å². The molecule has 2 heterocycles. The first kappa shape index (κ1) is 21.4. The number of aliphatic hydroxyl groups is 1. The largest absolute Gasteiger partial charge is 0.393 e. The van der Waals surface area contributed by atoms with Crippen LogP contribution in [0.1, 0.15) is 85.0 Å². The fraction of sp³-hybridized carbons (Fsp3) is 1.00. The number of hydrogen-bond donors (Lipinski definition) is 1. The third-order valence-corrected chi connectivity index (χ3v) is 11.5. The smallest absolute Gasteiger partial charge is 0.157 e. The highest BCUT2D eigenvalue weighted by Gasteiger charge is 2.65. The van der Waals surface area contributed by atoms with E-state index in [0.717, 1.165) is 43.8 Å². The first-order chi connectivity index (χ1) is 14.9. The van der Waals surface area contributed by atoms with Gasteiger partial charge in [-0.25, -0.2) is 0 Å². The highest BCUT2D eigenvalue weighted by atomic mass is 16.7. The zero-order valence-corrected chi connectivity index (χ0v) is 19.9. The molecule has 4 heteroatoms. The van der Waals surface area contributed by atoms with Gasteiger partial charge in [-0.05, 0) is 111 Å². The normalized spacial score (nSPS) is 58.8. The number of ether oxygens (including phenoxy) is 3. The van der Waals surface area contributed by atoms with E-state index in [-0.39, 0.29) is 17.8 Å². The Morgan fingerprint density at radius 3 is 2.52 bits per heavy atom. The van der Waals surface area contributed by atoms with Crippen LogP contribution in [-0.4, -0.2) is 42.9 Å². The van der Waals surface area contributed by atoms with E-state index in [1.54, 1.807) is 0 Å². The third kappa shape index (κ3) is 3.29. The van der Waals surface area contributed by atoms with Crippen LogP contribution < -0.4 is 0 Å². The van der Waals surface area contributed by atoms with Crippen LogP contribution in [0.5, 0.6) is 0 Å². The van der Waals surface area contributed by atoms with Gasteiger partial charge >= 0.3 is 0 Å². The predicted molar refractivity (Wildman–Crippen MR) is 119 cm³/mol. The van der Waals surface area contributed by atoms with E-state index in [2.05, 4.69) is 20.8 Å². The van der Waals surface area contributed by atoms with Crippen LogP contribution in [0.3, 0.4) is 0 Å². The third-order valence-electron chi connectivity index (χ3n) is 11.5. The van der Waals surface area contributed by atoms with Crippen molar-refractivity contribution < 1.29 is 19.3 Å². The summed E-state index contributed by atoms with van der Waals surface area (Å²) in [6, 6.07) is 0. The molecule has 2 unspecified atom stereocenters. The molecule has 6 rings (SSSR count). The Balaban J connectivity index is 1.22. The van der Waals surface area contributed by atoms with Gasteiger partial charge in [0, 0.05) is 6.61 Å². The van der Waals surface area contributed by atoms with Crippen molar-refractivity contribution in [1.82, 2.24) is 0 Å². The van der Waals surface area contributed by atoms with Gasteiger partial charge in [0.05, 0.1) is 24.9 Å². The fourth-order valence-electron chi connectivity index (χ4n) is 9.65. The van der Waals surface area contributed by atoms with E-state index >= 15 is 0 Å². The molecule has 4 nitrogen and oxygen atoms in total. The number of epoxide rings is 1. The highest BCUT2D eigenvalue weighted by molar-refractivity contribution is 5.14. The maximum atomic E-state index is 11.1. The molecule has 2 saturated heterocycles. The molecule has 0 bridgehead atoms. The Morgan fingerprint density at radius 2 is 1.77 bits per heavy atom. The second-order valence-corrected chi connectivity index (χ2v) is 12.7. The summed E-state index contributed by atoms with van der Waals surface area (Å²) in [5.41, 5.74) is 0.531. The van der Waals surface area contributed by atoms with Crippen molar-refractivity contribution in [3.05, 3.63) is 0 Å². The van der Waals surface area contributed by atoms with Gasteiger partial charge < -0.3 is 19.3 Å². The lowest BCUT2D eigenvalue weighted by atomic mass is 9.42.